The smallest absolute Gasteiger partial charge is 0.237 e. The second-order valence-corrected chi connectivity index (χ2v) is 5.50. The molecular formula is C12H24N2O2. The van der Waals surface area contributed by atoms with Crippen LogP contribution in [0.4, 0.5) is 0 Å². The second kappa shape index (κ2) is 5.64. The molecule has 0 spiro atoms. The van der Waals surface area contributed by atoms with Gasteiger partial charge in [-0.25, -0.2) is 0 Å². The summed E-state index contributed by atoms with van der Waals surface area (Å²) < 4.78 is 5.49. The number of hydrogen-bond acceptors (Lipinski definition) is 3. The van der Waals surface area contributed by atoms with Gasteiger partial charge in [0.2, 0.25) is 5.91 Å². The predicted octanol–water partition coefficient (Wildman–Crippen LogP) is 1.06. The Morgan fingerprint density at radius 2 is 2.19 bits per heavy atom. The largest absolute Gasteiger partial charge is 0.377 e. The van der Waals surface area contributed by atoms with Gasteiger partial charge in [0.25, 0.3) is 0 Å². The molecule has 1 aliphatic rings. The number of hydrogen-bond donors (Lipinski definition) is 2. The minimum absolute atomic E-state index is 0.0468. The Labute approximate surface area is 98.1 Å². The fourth-order valence-electron chi connectivity index (χ4n) is 1.68. The van der Waals surface area contributed by atoms with Crippen molar-refractivity contribution in [2.24, 2.45) is 0 Å². The summed E-state index contributed by atoms with van der Waals surface area (Å²) in [5.74, 6) is 0.0468. The first-order valence-corrected chi connectivity index (χ1v) is 6.05. The average molecular weight is 228 g/mol. The van der Waals surface area contributed by atoms with Crippen LogP contribution in [-0.2, 0) is 9.53 Å². The second-order valence-electron chi connectivity index (χ2n) is 5.50. The molecule has 4 nitrogen and oxygen atoms in total. The summed E-state index contributed by atoms with van der Waals surface area (Å²) in [6.07, 6.45) is 2.51. The minimum atomic E-state index is -0.170. The summed E-state index contributed by atoms with van der Waals surface area (Å²) in [6.45, 7) is 9.46. The lowest BCUT2D eigenvalue weighted by Crippen LogP contribution is -2.50. The molecule has 1 fully saturated rings. The minimum Gasteiger partial charge on any atom is -0.377 e. The van der Waals surface area contributed by atoms with Gasteiger partial charge < -0.3 is 15.4 Å². The fourth-order valence-corrected chi connectivity index (χ4v) is 1.68. The molecule has 1 heterocycles. The average Bonchev–Trinajstić information content (AvgIpc) is 2.63. The topological polar surface area (TPSA) is 50.4 Å². The molecule has 1 saturated heterocycles. The van der Waals surface area contributed by atoms with Crippen molar-refractivity contribution in [1.29, 1.82) is 0 Å². The Kier molecular flexibility index (Phi) is 4.74. The van der Waals surface area contributed by atoms with Crippen LogP contribution in [0.3, 0.4) is 0 Å². The summed E-state index contributed by atoms with van der Waals surface area (Å²) in [6, 6.07) is -0.163. The van der Waals surface area contributed by atoms with Crippen molar-refractivity contribution in [3.8, 4) is 0 Å². The first-order chi connectivity index (χ1) is 7.38. The molecule has 4 heteroatoms. The van der Waals surface area contributed by atoms with Gasteiger partial charge in [0, 0.05) is 18.7 Å². The molecule has 2 unspecified atom stereocenters. The summed E-state index contributed by atoms with van der Waals surface area (Å²) in [4.78, 5) is 11.7. The first kappa shape index (κ1) is 13.5. The highest BCUT2D eigenvalue weighted by molar-refractivity contribution is 5.81. The summed E-state index contributed by atoms with van der Waals surface area (Å²) in [7, 11) is 0. The molecule has 0 aromatic rings. The van der Waals surface area contributed by atoms with Crippen molar-refractivity contribution in [3.63, 3.8) is 0 Å². The highest BCUT2D eigenvalue weighted by Crippen LogP contribution is 2.10. The molecule has 16 heavy (non-hydrogen) atoms. The third-order valence-electron chi connectivity index (χ3n) is 2.57. The van der Waals surface area contributed by atoms with Crippen molar-refractivity contribution < 1.29 is 9.53 Å². The molecule has 0 radical (unpaired) electrons. The summed E-state index contributed by atoms with van der Waals surface area (Å²) in [5.41, 5.74) is -0.170. The normalized spacial score (nSPS) is 23.1. The molecule has 0 bridgehead atoms. The molecule has 94 valence electrons. The Morgan fingerprint density at radius 1 is 1.50 bits per heavy atom. The Balaban J connectivity index is 2.23. The third kappa shape index (κ3) is 4.94. The van der Waals surface area contributed by atoms with Crippen LogP contribution in [0.5, 0.6) is 0 Å². The lowest BCUT2D eigenvalue weighted by Gasteiger charge is -2.24. The van der Waals surface area contributed by atoms with E-state index in [-0.39, 0.29) is 23.6 Å². The van der Waals surface area contributed by atoms with E-state index in [4.69, 9.17) is 4.74 Å². The van der Waals surface area contributed by atoms with E-state index < -0.39 is 0 Å². The van der Waals surface area contributed by atoms with Crippen LogP contribution < -0.4 is 10.6 Å². The van der Waals surface area contributed by atoms with E-state index >= 15 is 0 Å². The molecule has 0 aliphatic carbocycles. The standard InChI is InChI=1S/C12H24N2O2/c1-9(11(15)14-12(2,3)4)13-8-10-6-5-7-16-10/h9-10,13H,5-8H2,1-4H3,(H,14,15). The summed E-state index contributed by atoms with van der Waals surface area (Å²) in [5, 5.41) is 6.16. The van der Waals surface area contributed by atoms with Crippen molar-refractivity contribution in [1.82, 2.24) is 10.6 Å². The van der Waals surface area contributed by atoms with Crippen LogP contribution in [0, 0.1) is 0 Å². The number of carbonyl (C=O) groups is 1. The zero-order valence-corrected chi connectivity index (χ0v) is 10.8. The van der Waals surface area contributed by atoms with Crippen LogP contribution in [0.15, 0.2) is 0 Å². The highest BCUT2D eigenvalue weighted by Gasteiger charge is 2.21. The van der Waals surface area contributed by atoms with E-state index in [1.165, 1.54) is 0 Å². The molecule has 2 N–H and O–H groups in total. The van der Waals surface area contributed by atoms with Crippen molar-refractivity contribution in [3.05, 3.63) is 0 Å². The van der Waals surface area contributed by atoms with E-state index in [0.29, 0.717) is 0 Å². The lowest BCUT2D eigenvalue weighted by atomic mass is 10.1. The monoisotopic (exact) mass is 228 g/mol. The van der Waals surface area contributed by atoms with E-state index in [0.717, 1.165) is 26.0 Å². The fraction of sp³-hybridized carbons (Fsp3) is 0.917. The molecule has 1 aliphatic heterocycles. The molecule has 1 rings (SSSR count). The zero-order chi connectivity index (χ0) is 12.2. The van der Waals surface area contributed by atoms with E-state index in [2.05, 4.69) is 10.6 Å². The molecule has 1 amide bonds. The number of carbonyl (C=O) groups excluding carboxylic acids is 1. The van der Waals surface area contributed by atoms with Crippen molar-refractivity contribution in [2.45, 2.75) is 58.2 Å². The SMILES string of the molecule is CC(NCC1CCCO1)C(=O)NC(C)(C)C. The van der Waals surface area contributed by atoms with Crippen LogP contribution in [-0.4, -0.2) is 36.7 Å². The quantitative estimate of drug-likeness (QED) is 0.756. The maximum Gasteiger partial charge on any atom is 0.237 e. The predicted molar refractivity (Wildman–Crippen MR) is 64.3 cm³/mol. The number of ether oxygens (including phenoxy) is 1. The number of amides is 1. The zero-order valence-electron chi connectivity index (χ0n) is 10.8. The van der Waals surface area contributed by atoms with Crippen LogP contribution in [0.1, 0.15) is 40.5 Å². The summed E-state index contributed by atoms with van der Waals surface area (Å²) >= 11 is 0. The van der Waals surface area contributed by atoms with Gasteiger partial charge in [0.15, 0.2) is 0 Å². The van der Waals surface area contributed by atoms with E-state index in [9.17, 15) is 4.79 Å². The third-order valence-corrected chi connectivity index (χ3v) is 2.57. The maximum absolute atomic E-state index is 11.7. The number of nitrogens with one attached hydrogen (secondary N) is 2. The van der Waals surface area contributed by atoms with Gasteiger partial charge in [-0.05, 0) is 40.5 Å². The highest BCUT2D eigenvalue weighted by atomic mass is 16.5. The molecular weight excluding hydrogens is 204 g/mol. The molecule has 2 atom stereocenters. The van der Waals surface area contributed by atoms with Crippen molar-refractivity contribution >= 4 is 5.91 Å². The van der Waals surface area contributed by atoms with Gasteiger partial charge in [0.05, 0.1) is 12.1 Å². The van der Waals surface area contributed by atoms with E-state index in [1.807, 2.05) is 27.7 Å². The Morgan fingerprint density at radius 3 is 2.69 bits per heavy atom. The van der Waals surface area contributed by atoms with Gasteiger partial charge in [0.1, 0.15) is 0 Å². The van der Waals surface area contributed by atoms with Gasteiger partial charge in [-0.1, -0.05) is 0 Å². The Bertz CT molecular complexity index is 230. The lowest BCUT2D eigenvalue weighted by molar-refractivity contribution is -0.124. The van der Waals surface area contributed by atoms with Crippen LogP contribution >= 0.6 is 0 Å². The van der Waals surface area contributed by atoms with Crippen LogP contribution in [0.25, 0.3) is 0 Å². The van der Waals surface area contributed by atoms with Gasteiger partial charge in [-0.3, -0.25) is 4.79 Å². The van der Waals surface area contributed by atoms with Gasteiger partial charge >= 0.3 is 0 Å². The van der Waals surface area contributed by atoms with Gasteiger partial charge in [-0.15, -0.1) is 0 Å². The van der Waals surface area contributed by atoms with Crippen LogP contribution in [0.2, 0.25) is 0 Å². The van der Waals surface area contributed by atoms with Crippen molar-refractivity contribution in [2.75, 3.05) is 13.2 Å². The van der Waals surface area contributed by atoms with Gasteiger partial charge in [-0.2, -0.15) is 0 Å². The van der Waals surface area contributed by atoms with E-state index in [1.54, 1.807) is 0 Å². The molecule has 0 aromatic carbocycles. The number of rotatable bonds is 4. The Hall–Kier alpha value is -0.610. The maximum atomic E-state index is 11.7. The molecule has 0 saturated carbocycles. The first-order valence-electron chi connectivity index (χ1n) is 6.05. The molecule has 0 aromatic heterocycles.